The summed E-state index contributed by atoms with van der Waals surface area (Å²) < 4.78 is 24.0. The minimum Gasteiger partial charge on any atom is -0.339 e. The largest absolute Gasteiger partial charge is 0.339 e. The quantitative estimate of drug-likeness (QED) is 0.712. The Balaban J connectivity index is 1.93. The molecule has 1 aromatic rings. The van der Waals surface area contributed by atoms with Crippen molar-refractivity contribution in [2.24, 2.45) is 0 Å². The van der Waals surface area contributed by atoms with Crippen LogP contribution in [0, 0.1) is 6.92 Å². The zero-order chi connectivity index (χ0) is 12.5. The topological polar surface area (TPSA) is 72.3 Å². The third-order valence-electron chi connectivity index (χ3n) is 2.76. The van der Waals surface area contributed by atoms with Crippen molar-refractivity contribution in [2.75, 3.05) is 24.6 Å². The van der Waals surface area contributed by atoms with E-state index < -0.39 is 9.84 Å². The molecule has 0 N–H and O–H groups in total. The molecule has 0 bridgehead atoms. The fourth-order valence-electron chi connectivity index (χ4n) is 1.75. The smallest absolute Gasteiger partial charge is 0.244 e. The third-order valence-corrected chi connectivity index (χ3v) is 4.37. The van der Waals surface area contributed by atoms with E-state index in [1.165, 1.54) is 0 Å². The van der Waals surface area contributed by atoms with Gasteiger partial charge in [-0.25, -0.2) is 8.42 Å². The molecule has 1 saturated heterocycles. The van der Waals surface area contributed by atoms with E-state index in [-0.39, 0.29) is 24.0 Å². The van der Waals surface area contributed by atoms with Crippen LogP contribution in [0.25, 0.3) is 0 Å². The van der Waals surface area contributed by atoms with Crippen LogP contribution in [0.2, 0.25) is 0 Å². The average Bonchev–Trinajstić information content (AvgIpc) is 2.63. The number of amides is 1. The van der Waals surface area contributed by atoms with Crippen molar-refractivity contribution in [1.29, 1.82) is 0 Å². The van der Waals surface area contributed by atoms with Crippen molar-refractivity contribution in [3.05, 3.63) is 18.0 Å². The summed E-state index contributed by atoms with van der Waals surface area (Å²) in [7, 11) is -2.93. The molecule has 1 aliphatic heterocycles. The zero-order valence-electron chi connectivity index (χ0n) is 9.66. The molecule has 1 aliphatic rings. The van der Waals surface area contributed by atoms with E-state index in [1.807, 2.05) is 6.92 Å². The molecule has 17 heavy (non-hydrogen) atoms. The van der Waals surface area contributed by atoms with Gasteiger partial charge in [-0.05, 0) is 12.5 Å². The van der Waals surface area contributed by atoms with Crippen molar-refractivity contribution in [2.45, 2.75) is 13.5 Å². The summed E-state index contributed by atoms with van der Waals surface area (Å²) in [6.07, 6.45) is 3.48. The van der Waals surface area contributed by atoms with Crippen molar-refractivity contribution in [3.63, 3.8) is 0 Å². The standard InChI is InChI=1S/C10H15N3O3S/c1-9-6-11-13(7-9)8-10(14)12-2-4-17(15,16)5-3-12/h6-7H,2-5,8H2,1H3. The number of aryl methyl sites for hydroxylation is 1. The summed E-state index contributed by atoms with van der Waals surface area (Å²) in [6.45, 7) is 2.66. The van der Waals surface area contributed by atoms with Crippen LogP contribution in [0.3, 0.4) is 0 Å². The molecule has 2 heterocycles. The van der Waals surface area contributed by atoms with E-state index in [4.69, 9.17) is 0 Å². The number of rotatable bonds is 2. The van der Waals surface area contributed by atoms with Crippen LogP contribution in [0.4, 0.5) is 0 Å². The molecule has 0 saturated carbocycles. The second-order valence-electron chi connectivity index (χ2n) is 4.25. The van der Waals surface area contributed by atoms with Gasteiger partial charge in [0.1, 0.15) is 6.54 Å². The first-order valence-corrected chi connectivity index (χ1v) is 7.26. The number of hydrogen-bond acceptors (Lipinski definition) is 4. The highest BCUT2D eigenvalue weighted by Gasteiger charge is 2.24. The maximum absolute atomic E-state index is 11.9. The lowest BCUT2D eigenvalue weighted by molar-refractivity contribution is -0.131. The van der Waals surface area contributed by atoms with Crippen molar-refractivity contribution in [1.82, 2.24) is 14.7 Å². The van der Waals surface area contributed by atoms with E-state index in [1.54, 1.807) is 22.0 Å². The highest BCUT2D eigenvalue weighted by Crippen LogP contribution is 2.05. The Kier molecular flexibility index (Phi) is 3.19. The summed E-state index contributed by atoms with van der Waals surface area (Å²) in [5.41, 5.74) is 0.999. The second-order valence-corrected chi connectivity index (χ2v) is 6.55. The predicted molar refractivity (Wildman–Crippen MR) is 62.2 cm³/mol. The summed E-state index contributed by atoms with van der Waals surface area (Å²) >= 11 is 0. The first kappa shape index (κ1) is 12.1. The van der Waals surface area contributed by atoms with E-state index in [0.717, 1.165) is 5.56 Å². The molecule has 0 aromatic carbocycles. The minimum absolute atomic E-state index is 0.0663. The average molecular weight is 257 g/mol. The van der Waals surface area contributed by atoms with Gasteiger partial charge in [0.25, 0.3) is 0 Å². The SMILES string of the molecule is Cc1cnn(CC(=O)N2CCS(=O)(=O)CC2)c1. The van der Waals surface area contributed by atoms with Gasteiger partial charge in [-0.3, -0.25) is 9.48 Å². The molecule has 1 aromatic heterocycles. The van der Waals surface area contributed by atoms with E-state index in [2.05, 4.69) is 5.10 Å². The first-order valence-electron chi connectivity index (χ1n) is 5.43. The summed E-state index contributed by atoms with van der Waals surface area (Å²) in [5.74, 6) is 0.0521. The molecule has 2 rings (SSSR count). The summed E-state index contributed by atoms with van der Waals surface area (Å²) in [6, 6.07) is 0. The molecule has 6 nitrogen and oxygen atoms in total. The molecule has 94 valence electrons. The summed E-state index contributed by atoms with van der Waals surface area (Å²) in [5, 5.41) is 4.03. The Morgan fingerprint density at radius 1 is 1.41 bits per heavy atom. The normalized spacial score (nSPS) is 19.2. The van der Waals surface area contributed by atoms with Crippen LogP contribution >= 0.6 is 0 Å². The van der Waals surface area contributed by atoms with Crippen LogP contribution in [0.15, 0.2) is 12.4 Å². The highest BCUT2D eigenvalue weighted by atomic mass is 32.2. The fourth-order valence-corrected chi connectivity index (χ4v) is 2.96. The number of carbonyl (C=O) groups is 1. The number of carbonyl (C=O) groups excluding carboxylic acids is 1. The van der Waals surface area contributed by atoms with Gasteiger partial charge in [0.15, 0.2) is 9.84 Å². The Hall–Kier alpha value is -1.37. The molecular weight excluding hydrogens is 242 g/mol. The molecule has 0 unspecified atom stereocenters. The van der Waals surface area contributed by atoms with Crippen LogP contribution < -0.4 is 0 Å². The number of hydrogen-bond donors (Lipinski definition) is 0. The number of nitrogens with zero attached hydrogens (tertiary/aromatic N) is 3. The van der Waals surface area contributed by atoms with Crippen molar-refractivity contribution >= 4 is 15.7 Å². The van der Waals surface area contributed by atoms with Crippen LogP contribution in [0.1, 0.15) is 5.56 Å². The Morgan fingerprint density at radius 2 is 2.06 bits per heavy atom. The molecule has 0 radical (unpaired) electrons. The first-order chi connectivity index (χ1) is 7.96. The minimum atomic E-state index is -2.93. The molecule has 1 amide bonds. The lowest BCUT2D eigenvalue weighted by Crippen LogP contribution is -2.45. The Bertz CT molecular complexity index is 507. The van der Waals surface area contributed by atoms with Gasteiger partial charge in [-0.2, -0.15) is 5.10 Å². The van der Waals surface area contributed by atoms with E-state index in [0.29, 0.717) is 13.1 Å². The van der Waals surface area contributed by atoms with E-state index in [9.17, 15) is 13.2 Å². The lowest BCUT2D eigenvalue weighted by atomic mass is 10.4. The van der Waals surface area contributed by atoms with Crippen LogP contribution in [-0.4, -0.2) is 53.6 Å². The van der Waals surface area contributed by atoms with Crippen molar-refractivity contribution in [3.8, 4) is 0 Å². The molecular formula is C10H15N3O3S. The van der Waals surface area contributed by atoms with Gasteiger partial charge in [-0.15, -0.1) is 0 Å². The maximum Gasteiger partial charge on any atom is 0.244 e. The van der Waals surface area contributed by atoms with Gasteiger partial charge in [0.05, 0.1) is 17.7 Å². The van der Waals surface area contributed by atoms with E-state index >= 15 is 0 Å². The van der Waals surface area contributed by atoms with Gasteiger partial charge >= 0.3 is 0 Å². The van der Waals surface area contributed by atoms with Crippen LogP contribution in [-0.2, 0) is 21.2 Å². The second kappa shape index (κ2) is 4.48. The highest BCUT2D eigenvalue weighted by molar-refractivity contribution is 7.91. The Labute approximate surface area is 100 Å². The number of aromatic nitrogens is 2. The maximum atomic E-state index is 11.9. The Morgan fingerprint density at radius 3 is 2.59 bits per heavy atom. The van der Waals surface area contributed by atoms with Crippen LogP contribution in [0.5, 0.6) is 0 Å². The van der Waals surface area contributed by atoms with Gasteiger partial charge < -0.3 is 4.90 Å². The number of sulfone groups is 1. The fraction of sp³-hybridized carbons (Fsp3) is 0.600. The van der Waals surface area contributed by atoms with Gasteiger partial charge in [-0.1, -0.05) is 0 Å². The zero-order valence-corrected chi connectivity index (χ0v) is 10.5. The molecule has 0 atom stereocenters. The monoisotopic (exact) mass is 257 g/mol. The third kappa shape index (κ3) is 3.06. The van der Waals surface area contributed by atoms with Gasteiger partial charge in [0, 0.05) is 19.3 Å². The predicted octanol–water partition coefficient (Wildman–Crippen LogP) is -0.551. The summed E-state index contributed by atoms with van der Waals surface area (Å²) in [4.78, 5) is 13.4. The molecule has 0 aliphatic carbocycles. The van der Waals surface area contributed by atoms with Crippen molar-refractivity contribution < 1.29 is 13.2 Å². The molecule has 1 fully saturated rings. The van der Waals surface area contributed by atoms with Gasteiger partial charge in [0.2, 0.25) is 5.91 Å². The molecule has 0 spiro atoms. The lowest BCUT2D eigenvalue weighted by Gasteiger charge is -2.26. The molecule has 7 heteroatoms.